The quantitative estimate of drug-likeness (QED) is 0.438. The van der Waals surface area contributed by atoms with Gasteiger partial charge in [0.25, 0.3) is 0 Å². The van der Waals surface area contributed by atoms with Crippen LogP contribution in [0.1, 0.15) is 45.6 Å². The Bertz CT molecular complexity index is 681. The lowest BCUT2D eigenvalue weighted by atomic mass is 10.1. The highest BCUT2D eigenvalue weighted by Gasteiger charge is 1.99. The van der Waals surface area contributed by atoms with Crippen LogP contribution >= 0.6 is 0 Å². The molecular formula is C21H27NO. The summed E-state index contributed by atoms with van der Waals surface area (Å²) in [5.41, 5.74) is 3.76. The Labute approximate surface area is 139 Å². The Hall–Kier alpha value is -1.93. The van der Waals surface area contributed by atoms with Gasteiger partial charge >= 0.3 is 0 Å². The number of allylic oxidation sites excluding steroid dienone is 2. The fourth-order valence-electron chi connectivity index (χ4n) is 2.61. The molecule has 0 aliphatic heterocycles. The summed E-state index contributed by atoms with van der Waals surface area (Å²) >= 11 is 0. The first-order chi connectivity index (χ1) is 11.2. The first-order valence-corrected chi connectivity index (χ1v) is 8.41. The molecule has 122 valence electrons. The van der Waals surface area contributed by atoms with Crippen LogP contribution in [-0.4, -0.2) is 12.8 Å². The number of benzene rings is 2. The molecule has 0 saturated heterocycles. The topological polar surface area (TPSA) is 21.6 Å². The minimum atomic E-state index is 0.688. The van der Waals surface area contributed by atoms with Gasteiger partial charge in [-0.2, -0.15) is 0 Å². The summed E-state index contributed by atoms with van der Waals surface area (Å²) in [7, 11) is 0. The van der Waals surface area contributed by atoms with Crippen LogP contribution in [-0.2, 0) is 11.3 Å². The van der Waals surface area contributed by atoms with Crippen molar-refractivity contribution >= 4 is 17.0 Å². The normalized spacial score (nSPS) is 11.3. The van der Waals surface area contributed by atoms with E-state index in [1.807, 2.05) is 13.1 Å². The Morgan fingerprint density at radius 3 is 2.57 bits per heavy atom. The van der Waals surface area contributed by atoms with Crippen molar-refractivity contribution in [1.29, 1.82) is 0 Å². The monoisotopic (exact) mass is 309 g/mol. The van der Waals surface area contributed by atoms with Crippen LogP contribution in [0.15, 0.2) is 58.7 Å². The molecule has 0 amide bonds. The summed E-state index contributed by atoms with van der Waals surface area (Å²) in [5.74, 6) is 0. The van der Waals surface area contributed by atoms with Gasteiger partial charge in [-0.15, -0.1) is 0 Å². The van der Waals surface area contributed by atoms with Crippen molar-refractivity contribution in [3.63, 3.8) is 0 Å². The zero-order valence-electron chi connectivity index (χ0n) is 14.5. The highest BCUT2D eigenvalue weighted by Crippen LogP contribution is 2.17. The molecule has 0 bridgehead atoms. The molecule has 0 radical (unpaired) electrons. The van der Waals surface area contributed by atoms with Gasteiger partial charge in [0, 0.05) is 18.5 Å². The zero-order valence-corrected chi connectivity index (χ0v) is 14.5. The van der Waals surface area contributed by atoms with Crippen molar-refractivity contribution in [3.8, 4) is 0 Å². The van der Waals surface area contributed by atoms with Crippen molar-refractivity contribution in [2.75, 3.05) is 6.61 Å². The largest absolute Gasteiger partial charge is 0.377 e. The Morgan fingerprint density at radius 2 is 1.83 bits per heavy atom. The van der Waals surface area contributed by atoms with Gasteiger partial charge in [-0.25, -0.2) is 0 Å². The number of nitrogens with zero attached hydrogens (tertiary/aromatic N) is 1. The second-order valence-corrected chi connectivity index (χ2v) is 6.03. The molecule has 2 aromatic carbocycles. The lowest BCUT2D eigenvalue weighted by molar-refractivity contribution is 0.117. The second-order valence-electron chi connectivity index (χ2n) is 6.03. The summed E-state index contributed by atoms with van der Waals surface area (Å²) in [6.07, 6.45) is 5.10. The molecule has 0 heterocycles. The maximum atomic E-state index is 5.82. The minimum Gasteiger partial charge on any atom is -0.377 e. The van der Waals surface area contributed by atoms with E-state index < -0.39 is 0 Å². The van der Waals surface area contributed by atoms with Crippen LogP contribution in [0.3, 0.4) is 0 Å². The third kappa shape index (κ3) is 5.65. The first kappa shape index (κ1) is 17.4. The lowest BCUT2D eigenvalue weighted by Gasteiger charge is -2.07. The number of fused-ring (bicyclic) bond motifs is 1. The molecule has 2 rings (SSSR count). The second kappa shape index (κ2) is 9.26. The summed E-state index contributed by atoms with van der Waals surface area (Å²) in [6, 6.07) is 15.0. The van der Waals surface area contributed by atoms with Crippen molar-refractivity contribution in [1.82, 2.24) is 0 Å². The van der Waals surface area contributed by atoms with E-state index in [4.69, 9.17) is 4.74 Å². The van der Waals surface area contributed by atoms with Crippen molar-refractivity contribution in [2.24, 2.45) is 4.99 Å². The van der Waals surface area contributed by atoms with E-state index in [-0.39, 0.29) is 0 Å². The predicted molar refractivity (Wildman–Crippen MR) is 100.0 cm³/mol. The minimum absolute atomic E-state index is 0.688. The van der Waals surface area contributed by atoms with Crippen molar-refractivity contribution < 1.29 is 4.74 Å². The van der Waals surface area contributed by atoms with E-state index in [1.54, 1.807) is 0 Å². The summed E-state index contributed by atoms with van der Waals surface area (Å²) < 4.78 is 5.82. The van der Waals surface area contributed by atoms with Crippen molar-refractivity contribution in [3.05, 3.63) is 59.3 Å². The SMILES string of the molecule is CC=NC(CCCCOCc1ccc2ccccc2c1)=C(C)C. The van der Waals surface area contributed by atoms with Gasteiger partial charge in [0.05, 0.1) is 6.61 Å². The van der Waals surface area contributed by atoms with Crippen LogP contribution in [0.25, 0.3) is 10.8 Å². The predicted octanol–water partition coefficient (Wildman–Crippen LogP) is 5.91. The van der Waals surface area contributed by atoms with E-state index in [9.17, 15) is 0 Å². The average molecular weight is 309 g/mol. The van der Waals surface area contributed by atoms with Gasteiger partial charge in [-0.3, -0.25) is 4.99 Å². The van der Waals surface area contributed by atoms with Gasteiger partial charge in [-0.1, -0.05) is 42.0 Å². The molecule has 0 aromatic heterocycles. The molecule has 2 nitrogen and oxygen atoms in total. The molecule has 0 unspecified atom stereocenters. The highest BCUT2D eigenvalue weighted by atomic mass is 16.5. The number of ether oxygens (including phenoxy) is 1. The zero-order chi connectivity index (χ0) is 16.5. The fourth-order valence-corrected chi connectivity index (χ4v) is 2.61. The number of aliphatic imine (C=N–C) groups is 1. The maximum absolute atomic E-state index is 5.82. The molecule has 0 saturated carbocycles. The van der Waals surface area contributed by atoms with E-state index in [2.05, 4.69) is 61.3 Å². The summed E-state index contributed by atoms with van der Waals surface area (Å²) in [5, 5.41) is 2.56. The lowest BCUT2D eigenvalue weighted by Crippen LogP contribution is -1.96. The third-order valence-electron chi connectivity index (χ3n) is 3.90. The van der Waals surface area contributed by atoms with E-state index in [0.717, 1.165) is 25.9 Å². The molecule has 0 atom stereocenters. The van der Waals surface area contributed by atoms with E-state index in [0.29, 0.717) is 6.61 Å². The molecule has 0 fully saturated rings. The first-order valence-electron chi connectivity index (χ1n) is 8.41. The van der Waals surface area contributed by atoms with Crippen LogP contribution in [0.2, 0.25) is 0 Å². The smallest absolute Gasteiger partial charge is 0.0717 e. The van der Waals surface area contributed by atoms with E-state index >= 15 is 0 Å². The standard InChI is InChI=1S/C21H27NO/c1-4-22-21(17(2)3)11-7-8-14-23-16-18-12-13-19-9-5-6-10-20(19)15-18/h4-6,9-10,12-13,15H,7-8,11,14,16H2,1-3H3. The molecule has 0 aliphatic carbocycles. The Balaban J connectivity index is 1.71. The number of hydrogen-bond donors (Lipinski definition) is 0. The third-order valence-corrected chi connectivity index (χ3v) is 3.90. The maximum Gasteiger partial charge on any atom is 0.0717 e. The van der Waals surface area contributed by atoms with Gasteiger partial charge in [0.15, 0.2) is 0 Å². The molecule has 0 aliphatic rings. The number of hydrogen-bond acceptors (Lipinski definition) is 2. The number of unbranched alkanes of at least 4 members (excludes halogenated alkanes) is 1. The number of rotatable bonds is 8. The van der Waals surface area contributed by atoms with Crippen LogP contribution in [0.5, 0.6) is 0 Å². The van der Waals surface area contributed by atoms with E-state index in [1.165, 1.54) is 27.6 Å². The van der Waals surface area contributed by atoms with Crippen LogP contribution in [0.4, 0.5) is 0 Å². The Morgan fingerprint density at radius 1 is 1.04 bits per heavy atom. The average Bonchev–Trinajstić information content (AvgIpc) is 2.56. The van der Waals surface area contributed by atoms with Gasteiger partial charge in [-0.05, 0) is 62.4 Å². The van der Waals surface area contributed by atoms with Crippen LogP contribution < -0.4 is 0 Å². The summed E-state index contributed by atoms with van der Waals surface area (Å²) in [6.45, 7) is 7.71. The molecule has 2 heteroatoms. The Kier molecular flexibility index (Phi) is 7.02. The molecule has 23 heavy (non-hydrogen) atoms. The van der Waals surface area contributed by atoms with Gasteiger partial charge < -0.3 is 4.74 Å². The van der Waals surface area contributed by atoms with Crippen molar-refractivity contribution in [2.45, 2.75) is 46.6 Å². The highest BCUT2D eigenvalue weighted by molar-refractivity contribution is 5.82. The van der Waals surface area contributed by atoms with Crippen LogP contribution in [0, 0.1) is 0 Å². The molecular weight excluding hydrogens is 282 g/mol. The fraction of sp³-hybridized carbons (Fsp3) is 0.381. The molecule has 2 aromatic rings. The molecule has 0 N–H and O–H groups in total. The molecule has 0 spiro atoms. The summed E-state index contributed by atoms with van der Waals surface area (Å²) in [4.78, 5) is 4.43. The van der Waals surface area contributed by atoms with Gasteiger partial charge in [0.2, 0.25) is 0 Å². The van der Waals surface area contributed by atoms with Gasteiger partial charge in [0.1, 0.15) is 0 Å².